The summed E-state index contributed by atoms with van der Waals surface area (Å²) in [6, 6.07) is 9.87. The Labute approximate surface area is 151 Å². The Morgan fingerprint density at radius 2 is 2.00 bits per heavy atom. The van der Waals surface area contributed by atoms with Crippen molar-refractivity contribution in [3.8, 4) is 0 Å². The molecule has 7 nitrogen and oxygen atoms in total. The Hall–Kier alpha value is -3.09. The van der Waals surface area contributed by atoms with Crippen molar-refractivity contribution in [3.05, 3.63) is 53.9 Å². The first-order chi connectivity index (χ1) is 12.5. The number of piperidine rings is 1. The van der Waals surface area contributed by atoms with Gasteiger partial charge in [0.05, 0.1) is 11.3 Å². The van der Waals surface area contributed by atoms with Crippen LogP contribution >= 0.6 is 0 Å². The van der Waals surface area contributed by atoms with Gasteiger partial charge in [0, 0.05) is 25.8 Å². The number of carbonyl (C=O) groups excluding carboxylic acids is 3. The molecular formula is C19H20N4O3. The van der Waals surface area contributed by atoms with Crippen molar-refractivity contribution >= 4 is 23.4 Å². The van der Waals surface area contributed by atoms with Crippen LogP contribution in [-0.4, -0.2) is 45.8 Å². The molecule has 2 N–H and O–H groups in total. The number of hydrogen-bond acceptors (Lipinski definition) is 3. The molecule has 0 aliphatic carbocycles. The van der Waals surface area contributed by atoms with Crippen molar-refractivity contribution < 1.29 is 14.4 Å². The van der Waals surface area contributed by atoms with Crippen LogP contribution in [0.3, 0.4) is 0 Å². The predicted octanol–water partition coefficient (Wildman–Crippen LogP) is 1.38. The zero-order chi connectivity index (χ0) is 18.3. The molecule has 134 valence electrons. The van der Waals surface area contributed by atoms with Crippen molar-refractivity contribution in [2.45, 2.75) is 24.9 Å². The van der Waals surface area contributed by atoms with Gasteiger partial charge in [-0.25, -0.2) is 0 Å². The van der Waals surface area contributed by atoms with Gasteiger partial charge in [-0.1, -0.05) is 12.1 Å². The van der Waals surface area contributed by atoms with Gasteiger partial charge in [-0.3, -0.25) is 14.4 Å². The second kappa shape index (κ2) is 6.33. The van der Waals surface area contributed by atoms with Crippen molar-refractivity contribution in [1.82, 2.24) is 14.8 Å². The number of benzene rings is 1. The third kappa shape index (κ3) is 2.75. The number of para-hydroxylation sites is 1. The fourth-order valence-corrected chi connectivity index (χ4v) is 3.69. The highest BCUT2D eigenvalue weighted by Crippen LogP contribution is 2.28. The minimum absolute atomic E-state index is 0.142. The van der Waals surface area contributed by atoms with Crippen molar-refractivity contribution in [2.24, 2.45) is 7.05 Å². The SMILES string of the molecule is Cn1cccc1C(=O)N[C@@H]1CCN2C(=O)c3ccccc3NC(=O)[C@@H]2C1. The largest absolute Gasteiger partial charge is 0.348 e. The molecule has 7 heteroatoms. The molecular weight excluding hydrogens is 332 g/mol. The van der Waals surface area contributed by atoms with E-state index in [1.165, 1.54) is 0 Å². The van der Waals surface area contributed by atoms with E-state index in [9.17, 15) is 14.4 Å². The summed E-state index contributed by atoms with van der Waals surface area (Å²) >= 11 is 0. The molecule has 3 heterocycles. The molecule has 3 amide bonds. The predicted molar refractivity (Wildman–Crippen MR) is 95.8 cm³/mol. The van der Waals surface area contributed by atoms with E-state index in [1.807, 2.05) is 19.3 Å². The number of fused-ring (bicyclic) bond motifs is 2. The average Bonchev–Trinajstić information content (AvgIpc) is 3.03. The van der Waals surface area contributed by atoms with Gasteiger partial charge in [0.25, 0.3) is 11.8 Å². The van der Waals surface area contributed by atoms with Crippen molar-refractivity contribution in [2.75, 3.05) is 11.9 Å². The number of rotatable bonds is 2. The molecule has 2 aliphatic heterocycles. The molecule has 0 saturated carbocycles. The summed E-state index contributed by atoms with van der Waals surface area (Å²) in [5.74, 6) is -0.517. The number of aryl methyl sites for hydroxylation is 1. The second-order valence-corrected chi connectivity index (χ2v) is 6.75. The van der Waals surface area contributed by atoms with Crippen LogP contribution < -0.4 is 10.6 Å². The van der Waals surface area contributed by atoms with Crippen molar-refractivity contribution in [3.63, 3.8) is 0 Å². The highest BCUT2D eigenvalue weighted by Gasteiger charge is 2.40. The molecule has 1 aromatic carbocycles. The summed E-state index contributed by atoms with van der Waals surface area (Å²) in [4.78, 5) is 39.5. The lowest BCUT2D eigenvalue weighted by Crippen LogP contribution is -2.55. The Bertz CT molecular complexity index is 888. The van der Waals surface area contributed by atoms with Gasteiger partial charge >= 0.3 is 0 Å². The molecule has 1 aromatic heterocycles. The van der Waals surface area contributed by atoms with Crippen LogP contribution in [0.1, 0.15) is 33.7 Å². The van der Waals surface area contributed by atoms with Gasteiger partial charge in [0.2, 0.25) is 5.91 Å². The molecule has 1 saturated heterocycles. The van der Waals surface area contributed by atoms with Crippen LogP contribution in [0.5, 0.6) is 0 Å². The van der Waals surface area contributed by atoms with Gasteiger partial charge in [-0.2, -0.15) is 0 Å². The molecule has 26 heavy (non-hydrogen) atoms. The first-order valence-corrected chi connectivity index (χ1v) is 8.67. The minimum atomic E-state index is -0.581. The Kier molecular flexibility index (Phi) is 3.99. The van der Waals surface area contributed by atoms with Gasteiger partial charge in [0.15, 0.2) is 0 Å². The first-order valence-electron chi connectivity index (χ1n) is 8.67. The highest BCUT2D eigenvalue weighted by atomic mass is 16.2. The monoisotopic (exact) mass is 352 g/mol. The van der Waals surface area contributed by atoms with Gasteiger partial charge in [0.1, 0.15) is 11.7 Å². The smallest absolute Gasteiger partial charge is 0.268 e. The lowest BCUT2D eigenvalue weighted by atomic mass is 9.96. The van der Waals surface area contributed by atoms with E-state index in [0.29, 0.717) is 36.3 Å². The van der Waals surface area contributed by atoms with E-state index in [2.05, 4.69) is 10.6 Å². The first kappa shape index (κ1) is 16.4. The van der Waals surface area contributed by atoms with E-state index in [1.54, 1.807) is 39.8 Å². The molecule has 1 fully saturated rings. The number of nitrogens with zero attached hydrogens (tertiary/aromatic N) is 2. The number of hydrogen-bond donors (Lipinski definition) is 2. The van der Waals surface area contributed by atoms with Gasteiger partial charge in [-0.05, 0) is 37.1 Å². The quantitative estimate of drug-likeness (QED) is 0.856. The van der Waals surface area contributed by atoms with E-state index >= 15 is 0 Å². The number of aromatic nitrogens is 1. The zero-order valence-electron chi connectivity index (χ0n) is 14.4. The van der Waals surface area contributed by atoms with Crippen LogP contribution in [0.4, 0.5) is 5.69 Å². The summed E-state index contributed by atoms with van der Waals surface area (Å²) in [5, 5.41) is 5.84. The summed E-state index contributed by atoms with van der Waals surface area (Å²) in [6.45, 7) is 0.434. The fourth-order valence-electron chi connectivity index (χ4n) is 3.69. The standard InChI is InChI=1S/C19H20N4O3/c1-22-9-4-7-15(22)17(24)20-12-8-10-23-16(11-12)18(25)21-14-6-3-2-5-13(14)19(23)26/h2-7,9,12,16H,8,10-11H2,1H3,(H,20,24)(H,21,25)/t12-,16+/m1/s1. The minimum Gasteiger partial charge on any atom is -0.348 e. The second-order valence-electron chi connectivity index (χ2n) is 6.75. The van der Waals surface area contributed by atoms with Crippen molar-refractivity contribution in [1.29, 1.82) is 0 Å². The number of nitrogens with one attached hydrogen (secondary N) is 2. The number of amides is 3. The molecule has 2 aliphatic rings. The fraction of sp³-hybridized carbons (Fsp3) is 0.316. The molecule has 0 unspecified atom stereocenters. The van der Waals surface area contributed by atoms with E-state index < -0.39 is 6.04 Å². The lowest BCUT2D eigenvalue weighted by Gasteiger charge is -2.37. The van der Waals surface area contributed by atoms with E-state index in [0.717, 1.165) is 0 Å². The number of carbonyl (C=O) groups is 3. The van der Waals surface area contributed by atoms with Crippen LogP contribution in [0.25, 0.3) is 0 Å². The molecule has 0 bridgehead atoms. The molecule has 4 rings (SSSR count). The lowest BCUT2D eigenvalue weighted by molar-refractivity contribution is -0.121. The summed E-state index contributed by atoms with van der Waals surface area (Å²) < 4.78 is 1.75. The van der Waals surface area contributed by atoms with Crippen LogP contribution in [0.2, 0.25) is 0 Å². The van der Waals surface area contributed by atoms with Crippen LogP contribution in [-0.2, 0) is 11.8 Å². The van der Waals surface area contributed by atoms with E-state index in [-0.39, 0.29) is 23.8 Å². The van der Waals surface area contributed by atoms with Gasteiger partial charge in [-0.15, -0.1) is 0 Å². The Morgan fingerprint density at radius 3 is 2.77 bits per heavy atom. The normalized spacial score (nSPS) is 22.1. The molecule has 2 atom stereocenters. The van der Waals surface area contributed by atoms with Crippen LogP contribution in [0, 0.1) is 0 Å². The maximum absolute atomic E-state index is 12.8. The number of anilines is 1. The molecule has 0 spiro atoms. The van der Waals surface area contributed by atoms with E-state index in [4.69, 9.17) is 0 Å². The maximum atomic E-state index is 12.8. The zero-order valence-corrected chi connectivity index (χ0v) is 14.4. The average molecular weight is 352 g/mol. The third-order valence-corrected chi connectivity index (χ3v) is 5.09. The Balaban J connectivity index is 1.52. The molecule has 2 aromatic rings. The maximum Gasteiger partial charge on any atom is 0.268 e. The van der Waals surface area contributed by atoms with Gasteiger partial charge < -0.3 is 20.1 Å². The van der Waals surface area contributed by atoms with Crippen LogP contribution in [0.15, 0.2) is 42.6 Å². The molecule has 0 radical (unpaired) electrons. The Morgan fingerprint density at radius 1 is 1.19 bits per heavy atom. The summed E-state index contributed by atoms with van der Waals surface area (Å²) in [5.41, 5.74) is 1.62. The summed E-state index contributed by atoms with van der Waals surface area (Å²) in [7, 11) is 1.81. The summed E-state index contributed by atoms with van der Waals surface area (Å²) in [6.07, 6.45) is 2.84. The highest BCUT2D eigenvalue weighted by molar-refractivity contribution is 6.10. The third-order valence-electron chi connectivity index (χ3n) is 5.09. The topological polar surface area (TPSA) is 83.4 Å².